The van der Waals surface area contributed by atoms with Gasteiger partial charge in [-0.05, 0) is 20.8 Å². The van der Waals surface area contributed by atoms with Crippen molar-refractivity contribution in [2.24, 2.45) is 5.73 Å². The molecule has 0 aliphatic heterocycles. The summed E-state index contributed by atoms with van der Waals surface area (Å²) in [5.74, 6) is 0. The highest BCUT2D eigenvalue weighted by atomic mass is 32.2. The van der Waals surface area contributed by atoms with E-state index < -0.39 is 10.0 Å². The number of nitrogens with two attached hydrogens (primary N) is 1. The standard InChI is InChI=1S/C8H15N3O2S2/c1-5(4-9)11-15(12,13)8-6(2)10-7(3)14-8/h5,11H,4,9H2,1-3H3/t5-/m0/s1. The van der Waals surface area contributed by atoms with Crippen LogP contribution in [0.4, 0.5) is 0 Å². The highest BCUT2D eigenvalue weighted by molar-refractivity contribution is 7.91. The van der Waals surface area contributed by atoms with Gasteiger partial charge in [0, 0.05) is 12.6 Å². The summed E-state index contributed by atoms with van der Waals surface area (Å²) in [6.45, 7) is 5.46. The molecule has 86 valence electrons. The molecule has 15 heavy (non-hydrogen) atoms. The van der Waals surface area contributed by atoms with Crippen LogP contribution in [0.25, 0.3) is 0 Å². The van der Waals surface area contributed by atoms with Crippen molar-refractivity contribution in [2.75, 3.05) is 6.54 Å². The molecule has 7 heteroatoms. The zero-order chi connectivity index (χ0) is 11.6. The summed E-state index contributed by atoms with van der Waals surface area (Å²) in [5.41, 5.74) is 5.90. The van der Waals surface area contributed by atoms with Crippen LogP contribution < -0.4 is 10.5 Å². The van der Waals surface area contributed by atoms with Gasteiger partial charge in [-0.15, -0.1) is 11.3 Å². The fourth-order valence-electron chi connectivity index (χ4n) is 1.13. The van der Waals surface area contributed by atoms with Gasteiger partial charge in [-0.1, -0.05) is 0 Å². The minimum Gasteiger partial charge on any atom is -0.329 e. The van der Waals surface area contributed by atoms with E-state index in [1.165, 1.54) is 11.3 Å². The first-order chi connectivity index (χ1) is 6.86. The Hall–Kier alpha value is -0.500. The third-order valence-corrected chi connectivity index (χ3v) is 5.09. The first-order valence-electron chi connectivity index (χ1n) is 4.53. The predicted molar refractivity (Wildman–Crippen MR) is 60.4 cm³/mol. The van der Waals surface area contributed by atoms with Crippen molar-refractivity contribution in [2.45, 2.75) is 31.0 Å². The molecule has 0 radical (unpaired) electrons. The molecular formula is C8H15N3O2S2. The van der Waals surface area contributed by atoms with Crippen LogP contribution in [0.3, 0.4) is 0 Å². The average molecular weight is 249 g/mol. The Kier molecular flexibility index (Phi) is 3.82. The summed E-state index contributed by atoms with van der Waals surface area (Å²) >= 11 is 1.17. The maximum Gasteiger partial charge on any atom is 0.252 e. The Labute approximate surface area is 93.8 Å². The van der Waals surface area contributed by atoms with Crippen molar-refractivity contribution in [1.82, 2.24) is 9.71 Å². The SMILES string of the molecule is Cc1nc(C)c(S(=O)(=O)N[C@@H](C)CN)s1. The lowest BCUT2D eigenvalue weighted by molar-refractivity contribution is 0.564. The molecule has 0 unspecified atom stereocenters. The zero-order valence-electron chi connectivity index (χ0n) is 8.94. The van der Waals surface area contributed by atoms with Crippen molar-refractivity contribution >= 4 is 21.4 Å². The second-order valence-electron chi connectivity index (χ2n) is 3.36. The van der Waals surface area contributed by atoms with E-state index in [0.717, 1.165) is 5.01 Å². The number of aryl methyl sites for hydroxylation is 2. The third kappa shape index (κ3) is 2.97. The van der Waals surface area contributed by atoms with Crippen LogP contribution in [0.5, 0.6) is 0 Å². The predicted octanol–water partition coefficient (Wildman–Crippen LogP) is 0.385. The highest BCUT2D eigenvalue weighted by Gasteiger charge is 2.22. The van der Waals surface area contributed by atoms with Gasteiger partial charge in [0.15, 0.2) is 4.21 Å². The fraction of sp³-hybridized carbons (Fsp3) is 0.625. The van der Waals surface area contributed by atoms with Crippen LogP contribution in [-0.4, -0.2) is 26.0 Å². The molecule has 0 aliphatic carbocycles. The van der Waals surface area contributed by atoms with E-state index in [4.69, 9.17) is 5.73 Å². The number of nitrogens with one attached hydrogen (secondary N) is 1. The summed E-state index contributed by atoms with van der Waals surface area (Å²) in [5, 5.41) is 0.744. The number of aromatic nitrogens is 1. The summed E-state index contributed by atoms with van der Waals surface area (Å²) in [6.07, 6.45) is 0. The Bertz CT molecular complexity index is 439. The lowest BCUT2D eigenvalue weighted by atomic mass is 10.4. The molecule has 1 aromatic rings. The number of thiazole rings is 1. The molecule has 1 heterocycles. The number of hydrogen-bond acceptors (Lipinski definition) is 5. The average Bonchev–Trinajstić information content (AvgIpc) is 2.45. The van der Waals surface area contributed by atoms with Crippen LogP contribution in [0.1, 0.15) is 17.6 Å². The Morgan fingerprint density at radius 3 is 2.53 bits per heavy atom. The molecule has 1 atom stereocenters. The quantitative estimate of drug-likeness (QED) is 0.808. The van der Waals surface area contributed by atoms with Crippen molar-refractivity contribution in [3.63, 3.8) is 0 Å². The van der Waals surface area contributed by atoms with E-state index in [1.807, 2.05) is 0 Å². The van der Waals surface area contributed by atoms with Gasteiger partial charge in [0.25, 0.3) is 10.0 Å². The maximum atomic E-state index is 11.8. The maximum absolute atomic E-state index is 11.8. The molecule has 0 fully saturated rings. The molecule has 0 saturated heterocycles. The first kappa shape index (κ1) is 12.6. The van der Waals surface area contributed by atoms with E-state index in [2.05, 4.69) is 9.71 Å². The zero-order valence-corrected chi connectivity index (χ0v) is 10.6. The Morgan fingerprint density at radius 1 is 1.53 bits per heavy atom. The molecule has 1 aromatic heterocycles. The molecule has 0 aliphatic rings. The fourth-order valence-corrected chi connectivity index (χ4v) is 3.89. The highest BCUT2D eigenvalue weighted by Crippen LogP contribution is 2.22. The normalized spacial score (nSPS) is 14.1. The number of nitrogens with zero attached hydrogens (tertiary/aromatic N) is 1. The molecule has 0 aromatic carbocycles. The largest absolute Gasteiger partial charge is 0.329 e. The van der Waals surface area contributed by atoms with Gasteiger partial charge in [-0.25, -0.2) is 18.1 Å². The molecule has 0 amide bonds. The summed E-state index contributed by atoms with van der Waals surface area (Å²) in [7, 11) is -3.46. The van der Waals surface area contributed by atoms with Gasteiger partial charge in [0.2, 0.25) is 0 Å². The van der Waals surface area contributed by atoms with Gasteiger partial charge in [-0.2, -0.15) is 0 Å². The van der Waals surface area contributed by atoms with E-state index in [1.54, 1.807) is 20.8 Å². The number of hydrogen-bond donors (Lipinski definition) is 2. The summed E-state index contributed by atoms with van der Waals surface area (Å²) < 4.78 is 26.5. The molecule has 0 saturated carbocycles. The monoisotopic (exact) mass is 249 g/mol. The minimum absolute atomic E-state index is 0.267. The van der Waals surface area contributed by atoms with E-state index in [-0.39, 0.29) is 16.8 Å². The third-order valence-electron chi connectivity index (χ3n) is 1.81. The minimum atomic E-state index is -3.46. The Balaban J connectivity index is 3.01. The second-order valence-corrected chi connectivity index (χ2v) is 6.48. The Morgan fingerprint density at radius 2 is 2.13 bits per heavy atom. The smallest absolute Gasteiger partial charge is 0.252 e. The number of sulfonamides is 1. The van der Waals surface area contributed by atoms with Gasteiger partial charge in [-0.3, -0.25) is 0 Å². The lowest BCUT2D eigenvalue weighted by Crippen LogP contribution is -2.37. The van der Waals surface area contributed by atoms with Gasteiger partial charge >= 0.3 is 0 Å². The van der Waals surface area contributed by atoms with Gasteiger partial charge in [0.05, 0.1) is 10.7 Å². The summed E-state index contributed by atoms with van der Waals surface area (Å²) in [6, 6.07) is -0.267. The van der Waals surface area contributed by atoms with Crippen LogP contribution >= 0.6 is 11.3 Å². The molecule has 0 bridgehead atoms. The molecule has 0 spiro atoms. The van der Waals surface area contributed by atoms with E-state index in [0.29, 0.717) is 5.69 Å². The molecule has 5 nitrogen and oxygen atoms in total. The number of rotatable bonds is 4. The van der Waals surface area contributed by atoms with E-state index >= 15 is 0 Å². The van der Waals surface area contributed by atoms with Gasteiger partial charge in [0.1, 0.15) is 0 Å². The molecular weight excluding hydrogens is 234 g/mol. The second kappa shape index (κ2) is 4.56. The van der Waals surface area contributed by atoms with Crippen LogP contribution in [0.2, 0.25) is 0 Å². The van der Waals surface area contributed by atoms with E-state index in [9.17, 15) is 8.42 Å². The molecule has 3 N–H and O–H groups in total. The van der Waals surface area contributed by atoms with Gasteiger partial charge < -0.3 is 5.73 Å². The topological polar surface area (TPSA) is 85.1 Å². The summed E-state index contributed by atoms with van der Waals surface area (Å²) in [4.78, 5) is 4.08. The first-order valence-corrected chi connectivity index (χ1v) is 6.83. The lowest BCUT2D eigenvalue weighted by Gasteiger charge is -2.10. The molecule has 1 rings (SSSR count). The van der Waals surface area contributed by atoms with Crippen molar-refractivity contribution < 1.29 is 8.42 Å². The van der Waals surface area contributed by atoms with Crippen LogP contribution in [0, 0.1) is 13.8 Å². The van der Waals surface area contributed by atoms with Crippen molar-refractivity contribution in [1.29, 1.82) is 0 Å². The van der Waals surface area contributed by atoms with Crippen molar-refractivity contribution in [3.8, 4) is 0 Å². The van der Waals surface area contributed by atoms with Crippen LogP contribution in [-0.2, 0) is 10.0 Å². The van der Waals surface area contributed by atoms with Crippen molar-refractivity contribution in [3.05, 3.63) is 10.7 Å². The van der Waals surface area contributed by atoms with Crippen LogP contribution in [0.15, 0.2) is 4.21 Å².